The van der Waals surface area contributed by atoms with E-state index in [2.05, 4.69) is 59.3 Å². The van der Waals surface area contributed by atoms with Crippen LogP contribution in [0.3, 0.4) is 0 Å². The summed E-state index contributed by atoms with van der Waals surface area (Å²) in [7, 11) is 0. The van der Waals surface area contributed by atoms with E-state index in [1.54, 1.807) is 0 Å². The van der Waals surface area contributed by atoms with Crippen molar-refractivity contribution in [3.05, 3.63) is 97.9 Å². The Morgan fingerprint density at radius 1 is 0.933 bits per heavy atom. The van der Waals surface area contributed by atoms with Gasteiger partial charge in [0, 0.05) is 20.5 Å². The Balaban J connectivity index is 1.78. The molecule has 1 unspecified atom stereocenters. The minimum absolute atomic E-state index is 0.0516. The van der Waals surface area contributed by atoms with Crippen LogP contribution in [0, 0.1) is 0 Å². The van der Waals surface area contributed by atoms with Gasteiger partial charge in [-0.25, -0.2) is 0 Å². The van der Waals surface area contributed by atoms with Gasteiger partial charge in [-0.3, -0.25) is 4.79 Å². The Labute approximate surface area is 189 Å². The lowest BCUT2D eigenvalue weighted by molar-refractivity contribution is 0.467. The summed E-state index contributed by atoms with van der Waals surface area (Å²) in [4.78, 5) is 13.0. The summed E-state index contributed by atoms with van der Waals surface area (Å²) < 4.78 is 1.83. The highest BCUT2D eigenvalue weighted by atomic mass is 79.9. The summed E-state index contributed by atoms with van der Waals surface area (Å²) >= 11 is 4.70. The Kier molecular flexibility index (Phi) is 6.35. The highest BCUT2D eigenvalue weighted by Gasteiger charge is 2.23. The van der Waals surface area contributed by atoms with Crippen LogP contribution < -0.4 is 4.74 Å². The fourth-order valence-corrected chi connectivity index (χ4v) is 5.13. The van der Waals surface area contributed by atoms with Crippen molar-refractivity contribution in [2.75, 3.05) is 0 Å². The lowest BCUT2D eigenvalue weighted by Crippen LogP contribution is -2.12. The summed E-state index contributed by atoms with van der Waals surface area (Å²) in [6.45, 7) is 2.15. The summed E-state index contributed by atoms with van der Waals surface area (Å²) in [6.07, 6.45) is 2.87. The van der Waals surface area contributed by atoms with Crippen molar-refractivity contribution in [2.24, 2.45) is 0 Å². The molecule has 0 amide bonds. The van der Waals surface area contributed by atoms with E-state index in [9.17, 15) is 9.90 Å². The predicted octanol–water partition coefficient (Wildman–Crippen LogP) is 7.72. The molecule has 0 radical (unpaired) electrons. The van der Waals surface area contributed by atoms with Crippen LogP contribution in [-0.2, 0) is 0 Å². The summed E-state index contributed by atoms with van der Waals surface area (Å²) in [5.41, 5.74) is 3.88. The zero-order valence-corrected chi connectivity index (χ0v) is 19.2. The molecule has 2 nitrogen and oxygen atoms in total. The van der Waals surface area contributed by atoms with Crippen LogP contribution in [0.5, 0.6) is 5.75 Å². The lowest BCUT2D eigenvalue weighted by Gasteiger charge is -2.19. The van der Waals surface area contributed by atoms with Crippen molar-refractivity contribution in [3.63, 3.8) is 0 Å². The van der Waals surface area contributed by atoms with E-state index >= 15 is 0 Å². The monoisotopic (exact) mass is 478 g/mol. The predicted molar refractivity (Wildman–Crippen MR) is 131 cm³/mol. The fraction of sp³-hybridized carbons (Fsp3) is 0.192. The molecule has 0 aliphatic heterocycles. The molecule has 0 saturated carbocycles. The molecule has 1 N–H and O–H groups in total. The van der Waals surface area contributed by atoms with Crippen molar-refractivity contribution in [1.82, 2.24) is 0 Å². The van der Waals surface area contributed by atoms with Crippen LogP contribution in [0.4, 0.5) is 0 Å². The van der Waals surface area contributed by atoms with Crippen molar-refractivity contribution < 1.29 is 5.11 Å². The number of aromatic hydroxyl groups is 1. The molecule has 152 valence electrons. The molecule has 0 aliphatic carbocycles. The van der Waals surface area contributed by atoms with Gasteiger partial charge >= 0.3 is 0 Å². The van der Waals surface area contributed by atoms with E-state index in [-0.39, 0.29) is 16.4 Å². The van der Waals surface area contributed by atoms with E-state index < -0.39 is 0 Å². The fourth-order valence-electron chi connectivity index (χ4n) is 3.89. The Morgan fingerprint density at radius 3 is 2.23 bits per heavy atom. The molecule has 0 spiro atoms. The number of hydrogen-bond donors (Lipinski definition) is 1. The summed E-state index contributed by atoms with van der Waals surface area (Å²) in [5, 5.41) is 11.8. The number of benzene rings is 3. The SMILES string of the molecule is CCCCC(c1ccc(-c2ccc(Br)cc2)cc1)c1c(O)c2ccccc2sc1=O. The lowest BCUT2D eigenvalue weighted by atomic mass is 9.86. The molecule has 4 heteroatoms. The van der Waals surface area contributed by atoms with E-state index in [0.717, 1.165) is 50.5 Å². The third-order valence-electron chi connectivity index (χ3n) is 5.51. The van der Waals surface area contributed by atoms with Gasteiger partial charge in [-0.15, -0.1) is 0 Å². The Hall–Kier alpha value is -2.43. The maximum Gasteiger partial charge on any atom is 0.240 e. The van der Waals surface area contributed by atoms with Crippen LogP contribution in [0.25, 0.3) is 21.2 Å². The molecule has 3 aromatic carbocycles. The molecule has 0 fully saturated rings. The largest absolute Gasteiger partial charge is 0.507 e. The van der Waals surface area contributed by atoms with Gasteiger partial charge in [-0.2, -0.15) is 0 Å². The highest BCUT2D eigenvalue weighted by Crippen LogP contribution is 2.38. The second-order valence-electron chi connectivity index (χ2n) is 7.47. The number of rotatable bonds is 6. The molecule has 0 aliphatic rings. The molecule has 0 saturated heterocycles. The van der Waals surface area contributed by atoms with Gasteiger partial charge in [0.05, 0.1) is 5.56 Å². The van der Waals surface area contributed by atoms with Crippen molar-refractivity contribution in [1.29, 1.82) is 0 Å². The van der Waals surface area contributed by atoms with Crippen molar-refractivity contribution in [3.8, 4) is 16.9 Å². The molecule has 4 rings (SSSR count). The minimum atomic E-state index is -0.114. The number of fused-ring (bicyclic) bond motifs is 1. The molecule has 4 aromatic rings. The van der Waals surface area contributed by atoms with E-state index in [1.807, 2.05) is 36.4 Å². The molecule has 30 heavy (non-hydrogen) atoms. The topological polar surface area (TPSA) is 37.3 Å². The van der Waals surface area contributed by atoms with Crippen LogP contribution in [0.15, 0.2) is 82.1 Å². The second kappa shape index (κ2) is 9.15. The average Bonchev–Trinajstić information content (AvgIpc) is 2.77. The molecule has 0 bridgehead atoms. The summed E-state index contributed by atoms with van der Waals surface area (Å²) in [5.74, 6) is 0.0183. The second-order valence-corrected chi connectivity index (χ2v) is 9.40. The first-order valence-electron chi connectivity index (χ1n) is 10.2. The first-order chi connectivity index (χ1) is 14.6. The van der Waals surface area contributed by atoms with Gasteiger partial charge < -0.3 is 5.11 Å². The molecular formula is C26H23BrO2S. The summed E-state index contributed by atoms with van der Waals surface area (Å²) in [6, 6.07) is 24.2. The standard InChI is InChI=1S/C26H23BrO2S/c1-2-3-6-21(24-25(28)22-7-4-5-8-23(22)30-26(24)29)19-11-9-17(10-12-19)18-13-15-20(27)16-14-18/h4-5,7-16,21,28H,2-3,6H2,1H3. The minimum Gasteiger partial charge on any atom is -0.507 e. The first kappa shape index (κ1) is 20.8. The van der Waals surface area contributed by atoms with Gasteiger partial charge in [0.1, 0.15) is 5.75 Å². The van der Waals surface area contributed by atoms with E-state index in [4.69, 9.17) is 0 Å². The third-order valence-corrected chi connectivity index (χ3v) is 7.02. The van der Waals surface area contributed by atoms with Crippen LogP contribution >= 0.6 is 27.3 Å². The molecule has 1 heterocycles. The van der Waals surface area contributed by atoms with Crippen LogP contribution in [0.1, 0.15) is 43.2 Å². The van der Waals surface area contributed by atoms with Gasteiger partial charge in [0.25, 0.3) is 0 Å². The average molecular weight is 479 g/mol. The quantitative estimate of drug-likeness (QED) is 0.307. The third kappa shape index (κ3) is 4.21. The van der Waals surface area contributed by atoms with Gasteiger partial charge in [-0.1, -0.05) is 95.6 Å². The van der Waals surface area contributed by atoms with Crippen molar-refractivity contribution in [2.45, 2.75) is 32.1 Å². The van der Waals surface area contributed by atoms with Gasteiger partial charge in [0.15, 0.2) is 0 Å². The van der Waals surface area contributed by atoms with E-state index in [1.165, 1.54) is 11.3 Å². The van der Waals surface area contributed by atoms with Crippen molar-refractivity contribution >= 4 is 37.4 Å². The zero-order chi connectivity index (χ0) is 21.1. The maximum atomic E-state index is 13.0. The number of halogens is 1. The van der Waals surface area contributed by atoms with Crippen LogP contribution in [0.2, 0.25) is 0 Å². The number of unbranched alkanes of at least 4 members (excludes halogenated alkanes) is 1. The van der Waals surface area contributed by atoms with E-state index in [0.29, 0.717) is 5.56 Å². The Bertz CT molecular complexity index is 1210. The zero-order valence-electron chi connectivity index (χ0n) is 16.8. The first-order valence-corrected chi connectivity index (χ1v) is 11.8. The van der Waals surface area contributed by atoms with Gasteiger partial charge in [0.2, 0.25) is 4.74 Å². The highest BCUT2D eigenvalue weighted by molar-refractivity contribution is 9.10. The molecular weight excluding hydrogens is 456 g/mol. The van der Waals surface area contributed by atoms with Crippen LogP contribution in [-0.4, -0.2) is 5.11 Å². The maximum absolute atomic E-state index is 13.0. The number of hydrogen-bond acceptors (Lipinski definition) is 3. The molecule has 1 aromatic heterocycles. The Morgan fingerprint density at radius 2 is 1.57 bits per heavy atom. The molecule has 1 atom stereocenters. The van der Waals surface area contributed by atoms with Gasteiger partial charge in [-0.05, 0) is 47.4 Å². The smallest absolute Gasteiger partial charge is 0.240 e. The normalized spacial score (nSPS) is 12.2.